The zero-order valence-electron chi connectivity index (χ0n) is 16.9. The van der Waals surface area contributed by atoms with E-state index in [2.05, 4.69) is 4.98 Å². The van der Waals surface area contributed by atoms with Crippen molar-refractivity contribution in [1.29, 1.82) is 0 Å². The number of anilines is 1. The number of hydrogen-bond donors (Lipinski definition) is 1. The quantitative estimate of drug-likeness (QED) is 0.743. The maximum absolute atomic E-state index is 13.1. The fourth-order valence-corrected chi connectivity index (χ4v) is 5.08. The maximum Gasteiger partial charge on any atom is 0.417 e. The lowest BCUT2D eigenvalue weighted by atomic mass is 10.1. The maximum atomic E-state index is 13.1. The number of sulfonamides is 1. The zero-order valence-corrected chi connectivity index (χ0v) is 17.7. The molecule has 11 heteroatoms. The number of nitrogens with zero attached hydrogens (tertiary/aromatic N) is 3. The van der Waals surface area contributed by atoms with Crippen molar-refractivity contribution in [2.75, 3.05) is 24.5 Å². The molecular weight excluding hydrogens is 435 g/mol. The monoisotopic (exact) mass is 457 g/mol. The van der Waals surface area contributed by atoms with E-state index in [1.54, 1.807) is 24.8 Å². The largest absolute Gasteiger partial charge is 0.481 e. The minimum absolute atomic E-state index is 0.0163. The van der Waals surface area contributed by atoms with Crippen LogP contribution in [0.5, 0.6) is 0 Å². The van der Waals surface area contributed by atoms with Crippen molar-refractivity contribution in [2.45, 2.75) is 37.4 Å². The van der Waals surface area contributed by atoms with Gasteiger partial charge in [0.2, 0.25) is 10.0 Å². The second-order valence-corrected chi connectivity index (χ2v) is 9.41. The Labute approximate surface area is 178 Å². The molecule has 0 saturated carbocycles. The summed E-state index contributed by atoms with van der Waals surface area (Å²) in [6, 6.07) is 6.32. The number of aliphatic carboxylic acids is 1. The molecule has 3 rings (SSSR count). The molecule has 1 aromatic heterocycles. The molecule has 0 amide bonds. The number of carbonyl (C=O) groups is 1. The number of pyridine rings is 1. The van der Waals surface area contributed by atoms with Crippen molar-refractivity contribution in [3.63, 3.8) is 0 Å². The van der Waals surface area contributed by atoms with Crippen LogP contribution in [0.4, 0.5) is 19.0 Å². The van der Waals surface area contributed by atoms with Crippen LogP contribution in [-0.2, 0) is 27.4 Å². The molecule has 0 bridgehead atoms. The third kappa shape index (κ3) is 4.99. The van der Waals surface area contributed by atoms with Gasteiger partial charge in [-0.15, -0.1) is 0 Å². The number of benzene rings is 1. The average Bonchev–Trinajstić information content (AvgIpc) is 2.68. The van der Waals surface area contributed by atoms with E-state index >= 15 is 0 Å². The Balaban J connectivity index is 1.78. The smallest absolute Gasteiger partial charge is 0.417 e. The van der Waals surface area contributed by atoms with Crippen LogP contribution in [0.15, 0.2) is 41.4 Å². The van der Waals surface area contributed by atoms with Crippen LogP contribution in [0.3, 0.4) is 0 Å². The fourth-order valence-electron chi connectivity index (χ4n) is 3.52. The Morgan fingerprint density at radius 3 is 2.48 bits per heavy atom. The summed E-state index contributed by atoms with van der Waals surface area (Å²) in [5.41, 5.74) is 0.267. The Kier molecular flexibility index (Phi) is 6.28. The Hall–Kier alpha value is -2.66. The third-order valence-electron chi connectivity index (χ3n) is 5.26. The summed E-state index contributed by atoms with van der Waals surface area (Å²) < 4.78 is 65.7. The van der Waals surface area contributed by atoms with Gasteiger partial charge in [0.15, 0.2) is 0 Å². The third-order valence-corrected chi connectivity index (χ3v) is 7.12. The van der Waals surface area contributed by atoms with Gasteiger partial charge in [-0.25, -0.2) is 13.4 Å². The second-order valence-electron chi connectivity index (χ2n) is 7.47. The molecule has 0 spiro atoms. The predicted octanol–water partition coefficient (Wildman–Crippen LogP) is 2.94. The average molecular weight is 457 g/mol. The molecule has 168 valence electrons. The van der Waals surface area contributed by atoms with Gasteiger partial charge in [-0.3, -0.25) is 4.79 Å². The summed E-state index contributed by atoms with van der Waals surface area (Å²) in [5, 5.41) is 9.03. The Morgan fingerprint density at radius 2 is 1.94 bits per heavy atom. The molecule has 1 aliphatic rings. The molecule has 1 fully saturated rings. The topological polar surface area (TPSA) is 90.8 Å². The highest BCUT2D eigenvalue weighted by Crippen LogP contribution is 2.30. The molecule has 1 N–H and O–H groups in total. The fraction of sp³-hybridized carbons (Fsp3) is 0.400. The van der Waals surface area contributed by atoms with Crippen molar-refractivity contribution in [1.82, 2.24) is 9.29 Å². The molecule has 0 unspecified atom stereocenters. The summed E-state index contributed by atoms with van der Waals surface area (Å²) in [4.78, 5) is 16.7. The number of carboxylic acid groups (broad SMARTS) is 1. The van der Waals surface area contributed by atoms with E-state index in [1.807, 2.05) is 0 Å². The first-order valence-electron chi connectivity index (χ1n) is 9.51. The molecule has 1 aromatic carbocycles. The van der Waals surface area contributed by atoms with Gasteiger partial charge >= 0.3 is 12.1 Å². The molecule has 7 nitrogen and oxygen atoms in total. The molecular formula is C20H22F3N3O4S. The van der Waals surface area contributed by atoms with Crippen LogP contribution in [0.25, 0.3) is 0 Å². The summed E-state index contributed by atoms with van der Waals surface area (Å²) >= 11 is 0. The van der Waals surface area contributed by atoms with E-state index in [0.29, 0.717) is 16.9 Å². The molecule has 0 aliphatic carbocycles. The number of halogens is 3. The van der Waals surface area contributed by atoms with Gasteiger partial charge < -0.3 is 10.0 Å². The van der Waals surface area contributed by atoms with Crippen LogP contribution < -0.4 is 4.90 Å². The van der Waals surface area contributed by atoms with Gasteiger partial charge in [-0.1, -0.05) is 6.07 Å². The van der Waals surface area contributed by atoms with Gasteiger partial charge in [0.25, 0.3) is 0 Å². The molecule has 1 aliphatic heterocycles. The van der Waals surface area contributed by atoms with Crippen LogP contribution in [0.1, 0.15) is 23.6 Å². The lowest BCUT2D eigenvalue weighted by Crippen LogP contribution is -2.53. The lowest BCUT2D eigenvalue weighted by Gasteiger charge is -2.40. The number of aromatic nitrogens is 1. The number of hydrogen-bond acceptors (Lipinski definition) is 5. The first-order chi connectivity index (χ1) is 14.4. The van der Waals surface area contributed by atoms with E-state index in [9.17, 15) is 26.4 Å². The van der Waals surface area contributed by atoms with Gasteiger partial charge in [0.1, 0.15) is 5.82 Å². The van der Waals surface area contributed by atoms with Crippen molar-refractivity contribution in [3.05, 3.63) is 53.2 Å². The van der Waals surface area contributed by atoms with Gasteiger partial charge in [0.05, 0.1) is 16.9 Å². The number of alkyl halides is 3. The summed E-state index contributed by atoms with van der Waals surface area (Å²) in [6.45, 7) is 3.98. The van der Waals surface area contributed by atoms with Gasteiger partial charge in [-0.2, -0.15) is 17.5 Å². The van der Waals surface area contributed by atoms with Crippen LogP contribution in [0.2, 0.25) is 0 Å². The summed E-state index contributed by atoms with van der Waals surface area (Å²) in [7, 11) is -3.86. The summed E-state index contributed by atoms with van der Waals surface area (Å²) in [5.74, 6) is -0.708. The molecule has 1 atom stereocenters. The summed E-state index contributed by atoms with van der Waals surface area (Å²) in [6.07, 6.45) is -3.99. The molecule has 31 heavy (non-hydrogen) atoms. The van der Waals surface area contributed by atoms with Crippen molar-refractivity contribution >= 4 is 21.8 Å². The first kappa shape index (κ1) is 23.0. The zero-order chi connectivity index (χ0) is 23.0. The number of aryl methyl sites for hydroxylation is 1. The highest BCUT2D eigenvalue weighted by atomic mass is 32.2. The van der Waals surface area contributed by atoms with E-state index < -0.39 is 27.7 Å². The highest BCUT2D eigenvalue weighted by molar-refractivity contribution is 7.89. The van der Waals surface area contributed by atoms with Crippen molar-refractivity contribution in [3.8, 4) is 0 Å². The van der Waals surface area contributed by atoms with Crippen molar-refractivity contribution < 1.29 is 31.5 Å². The molecule has 2 heterocycles. The number of carboxylic acids is 1. The number of rotatable bonds is 5. The molecule has 2 aromatic rings. The van der Waals surface area contributed by atoms with E-state index in [-0.39, 0.29) is 37.0 Å². The normalized spacial score (nSPS) is 18.2. The minimum atomic E-state index is -4.47. The Bertz CT molecular complexity index is 1070. The predicted molar refractivity (Wildman–Crippen MR) is 107 cm³/mol. The van der Waals surface area contributed by atoms with E-state index in [4.69, 9.17) is 5.11 Å². The van der Waals surface area contributed by atoms with Gasteiger partial charge in [-0.05, 0) is 49.2 Å². The van der Waals surface area contributed by atoms with Crippen LogP contribution >= 0.6 is 0 Å². The van der Waals surface area contributed by atoms with E-state index in [1.165, 1.54) is 22.5 Å². The first-order valence-corrected chi connectivity index (χ1v) is 10.9. The van der Waals surface area contributed by atoms with Gasteiger partial charge in [0, 0.05) is 31.9 Å². The second kappa shape index (κ2) is 8.46. The van der Waals surface area contributed by atoms with E-state index in [0.717, 1.165) is 12.3 Å². The lowest BCUT2D eigenvalue weighted by molar-refractivity contribution is -0.138. The molecule has 1 saturated heterocycles. The van der Waals surface area contributed by atoms with Crippen molar-refractivity contribution in [2.24, 2.45) is 0 Å². The Morgan fingerprint density at radius 1 is 1.23 bits per heavy atom. The number of piperazine rings is 1. The minimum Gasteiger partial charge on any atom is -0.481 e. The van der Waals surface area contributed by atoms with Crippen LogP contribution in [0, 0.1) is 6.92 Å². The molecule has 0 radical (unpaired) electrons. The van der Waals surface area contributed by atoms with Crippen LogP contribution in [-0.4, -0.2) is 54.5 Å². The standard InChI is InChI=1S/C20H22F3N3O4S/c1-13-3-5-17(9-15(13)10-19(27)28)31(29,30)25-7-8-26(14(2)12-25)18-6-4-16(11-24-18)20(21,22)23/h3-6,9,11,14H,7-8,10,12H2,1-2H3,(H,27,28)/t14-/m1/s1. The SMILES string of the molecule is Cc1ccc(S(=O)(=O)N2CCN(c3ccc(C(F)(F)F)cn3)[C@H](C)C2)cc1CC(=O)O. The highest BCUT2D eigenvalue weighted by Gasteiger charge is 2.34.